The van der Waals surface area contributed by atoms with Crippen molar-refractivity contribution in [1.82, 2.24) is 9.88 Å². The summed E-state index contributed by atoms with van der Waals surface area (Å²) in [5.41, 5.74) is 1.37. The van der Waals surface area contributed by atoms with Gasteiger partial charge < -0.3 is 9.64 Å². The number of hydrogen-bond donors (Lipinski definition) is 1. The van der Waals surface area contributed by atoms with Crippen molar-refractivity contribution in [2.45, 2.75) is 24.1 Å². The molecule has 1 aliphatic rings. The lowest BCUT2D eigenvalue weighted by atomic mass is 10.0. The first kappa shape index (κ1) is 15.4. The van der Waals surface area contributed by atoms with E-state index in [4.69, 9.17) is 10.00 Å². The van der Waals surface area contributed by atoms with E-state index in [2.05, 4.69) is 24.2 Å². The molecular formula is C15H17N3O2S. The Morgan fingerprint density at radius 1 is 1.71 bits per heavy atom. The molecule has 1 aromatic rings. The molecule has 21 heavy (non-hydrogen) atoms. The molecule has 5 nitrogen and oxygen atoms in total. The lowest BCUT2D eigenvalue weighted by Crippen LogP contribution is -2.37. The van der Waals surface area contributed by atoms with Crippen molar-refractivity contribution in [2.75, 3.05) is 13.2 Å². The maximum absolute atomic E-state index is 12.0. The lowest BCUT2D eigenvalue weighted by molar-refractivity contribution is 0.108. The Morgan fingerprint density at radius 2 is 2.52 bits per heavy atom. The standard InChI is InChI=1S/C15H17N3O2S/c1-2-5-20-15(19)18-10-14(21)8-13(18)7-11-3-4-17-12(6-11)9-16/h2-4,6,13-14,21H,1,5,7-8,10H2/t13-,14+/m1/s1. The van der Waals surface area contributed by atoms with Gasteiger partial charge in [0.1, 0.15) is 18.4 Å². The summed E-state index contributed by atoms with van der Waals surface area (Å²) < 4.78 is 5.11. The number of aromatic nitrogens is 1. The summed E-state index contributed by atoms with van der Waals surface area (Å²) in [5, 5.41) is 9.03. The molecule has 1 aliphatic heterocycles. The van der Waals surface area contributed by atoms with Gasteiger partial charge in [0.25, 0.3) is 0 Å². The first-order chi connectivity index (χ1) is 10.1. The Labute approximate surface area is 129 Å². The van der Waals surface area contributed by atoms with Gasteiger partial charge in [0.05, 0.1) is 0 Å². The number of ether oxygens (including phenoxy) is 1. The first-order valence-electron chi connectivity index (χ1n) is 6.71. The Balaban J connectivity index is 2.07. The maximum Gasteiger partial charge on any atom is 0.410 e. The molecule has 6 heteroatoms. The fraction of sp³-hybridized carbons (Fsp3) is 0.400. The second-order valence-corrected chi connectivity index (χ2v) is 5.66. The zero-order chi connectivity index (χ0) is 15.2. The molecule has 1 fully saturated rings. The maximum atomic E-state index is 12.0. The van der Waals surface area contributed by atoms with Crippen LogP contribution in [0.25, 0.3) is 0 Å². The van der Waals surface area contributed by atoms with E-state index >= 15 is 0 Å². The normalized spacial score (nSPS) is 20.9. The third-order valence-electron chi connectivity index (χ3n) is 3.36. The molecule has 0 bridgehead atoms. The van der Waals surface area contributed by atoms with Crippen LogP contribution >= 0.6 is 12.6 Å². The molecule has 0 unspecified atom stereocenters. The monoisotopic (exact) mass is 303 g/mol. The van der Waals surface area contributed by atoms with Crippen LogP contribution in [0.15, 0.2) is 31.0 Å². The van der Waals surface area contributed by atoms with Crippen molar-refractivity contribution in [3.05, 3.63) is 42.2 Å². The minimum atomic E-state index is -0.342. The van der Waals surface area contributed by atoms with E-state index in [9.17, 15) is 4.79 Å². The molecule has 1 amide bonds. The summed E-state index contributed by atoms with van der Waals surface area (Å²) in [4.78, 5) is 17.7. The average Bonchev–Trinajstić information content (AvgIpc) is 2.85. The van der Waals surface area contributed by atoms with Crippen molar-refractivity contribution in [3.63, 3.8) is 0 Å². The van der Waals surface area contributed by atoms with Crippen LogP contribution in [0.4, 0.5) is 4.79 Å². The summed E-state index contributed by atoms with van der Waals surface area (Å²) in [7, 11) is 0. The lowest BCUT2D eigenvalue weighted by Gasteiger charge is -2.23. The summed E-state index contributed by atoms with van der Waals surface area (Å²) in [6.07, 6.45) is 4.28. The number of thiol groups is 1. The molecule has 0 radical (unpaired) electrons. The number of pyridine rings is 1. The number of carbonyl (C=O) groups excluding carboxylic acids is 1. The van der Waals surface area contributed by atoms with Crippen molar-refractivity contribution in [1.29, 1.82) is 5.26 Å². The summed E-state index contributed by atoms with van der Waals surface area (Å²) >= 11 is 4.47. The number of amides is 1. The summed E-state index contributed by atoms with van der Waals surface area (Å²) in [6.45, 7) is 4.30. The van der Waals surface area contributed by atoms with Crippen molar-refractivity contribution < 1.29 is 9.53 Å². The fourth-order valence-electron chi connectivity index (χ4n) is 2.46. The Kier molecular flexibility index (Phi) is 5.23. The Hall–Kier alpha value is -2.00. The van der Waals surface area contributed by atoms with Crippen LogP contribution in [-0.2, 0) is 11.2 Å². The van der Waals surface area contributed by atoms with Crippen LogP contribution in [0.1, 0.15) is 17.7 Å². The highest BCUT2D eigenvalue weighted by atomic mass is 32.1. The van der Waals surface area contributed by atoms with Gasteiger partial charge in [0.15, 0.2) is 0 Å². The minimum absolute atomic E-state index is 0.0266. The summed E-state index contributed by atoms with van der Waals surface area (Å²) in [6, 6.07) is 5.66. The highest BCUT2D eigenvalue weighted by molar-refractivity contribution is 7.81. The molecule has 2 rings (SSSR count). The molecule has 2 atom stereocenters. The van der Waals surface area contributed by atoms with E-state index in [1.54, 1.807) is 23.2 Å². The van der Waals surface area contributed by atoms with Crippen LogP contribution in [0.5, 0.6) is 0 Å². The van der Waals surface area contributed by atoms with Crippen molar-refractivity contribution >= 4 is 18.7 Å². The van der Waals surface area contributed by atoms with Gasteiger partial charge >= 0.3 is 6.09 Å². The average molecular weight is 303 g/mol. The predicted molar refractivity (Wildman–Crippen MR) is 82.1 cm³/mol. The van der Waals surface area contributed by atoms with E-state index in [1.807, 2.05) is 12.1 Å². The molecule has 0 aromatic carbocycles. The number of carbonyl (C=O) groups is 1. The van der Waals surface area contributed by atoms with E-state index in [1.165, 1.54) is 0 Å². The van der Waals surface area contributed by atoms with Gasteiger partial charge in [-0.1, -0.05) is 12.7 Å². The zero-order valence-corrected chi connectivity index (χ0v) is 12.5. The molecule has 0 saturated carbocycles. The quantitative estimate of drug-likeness (QED) is 0.684. The molecule has 1 aromatic heterocycles. The number of likely N-dealkylation sites (tertiary alicyclic amines) is 1. The van der Waals surface area contributed by atoms with Crippen LogP contribution in [-0.4, -0.2) is 40.4 Å². The van der Waals surface area contributed by atoms with Crippen LogP contribution in [0, 0.1) is 11.3 Å². The second-order valence-electron chi connectivity index (χ2n) is 4.93. The molecule has 0 aliphatic carbocycles. The number of rotatable bonds is 4. The van der Waals surface area contributed by atoms with Gasteiger partial charge in [-0.2, -0.15) is 17.9 Å². The number of hydrogen-bond acceptors (Lipinski definition) is 5. The van der Waals surface area contributed by atoms with Gasteiger partial charge in [-0.15, -0.1) is 0 Å². The van der Waals surface area contributed by atoms with E-state index in [0.717, 1.165) is 12.0 Å². The SMILES string of the molecule is C=CCOC(=O)N1C[C@@H](S)C[C@H]1Cc1ccnc(C#N)c1. The second kappa shape index (κ2) is 7.14. The number of nitrogens with zero attached hydrogens (tertiary/aromatic N) is 3. The topological polar surface area (TPSA) is 66.2 Å². The molecule has 0 N–H and O–H groups in total. The van der Waals surface area contributed by atoms with E-state index in [0.29, 0.717) is 18.7 Å². The van der Waals surface area contributed by atoms with Gasteiger partial charge in [-0.3, -0.25) is 0 Å². The summed E-state index contributed by atoms with van der Waals surface area (Å²) in [5.74, 6) is 0. The van der Waals surface area contributed by atoms with Gasteiger partial charge in [-0.05, 0) is 30.5 Å². The molecular weight excluding hydrogens is 286 g/mol. The Bertz CT molecular complexity index is 570. The highest BCUT2D eigenvalue weighted by Gasteiger charge is 2.34. The van der Waals surface area contributed by atoms with E-state index < -0.39 is 0 Å². The van der Waals surface area contributed by atoms with Gasteiger partial charge in [0, 0.05) is 24.0 Å². The van der Waals surface area contributed by atoms with Crippen LogP contribution in [0.3, 0.4) is 0 Å². The predicted octanol–water partition coefficient (Wildman–Crippen LogP) is 2.19. The molecule has 2 heterocycles. The highest BCUT2D eigenvalue weighted by Crippen LogP contribution is 2.25. The van der Waals surface area contributed by atoms with Crippen LogP contribution < -0.4 is 0 Å². The molecule has 110 valence electrons. The third-order valence-corrected chi connectivity index (χ3v) is 3.74. The van der Waals surface area contributed by atoms with Gasteiger partial charge in [0.2, 0.25) is 0 Å². The molecule has 0 spiro atoms. The Morgan fingerprint density at radius 3 is 3.24 bits per heavy atom. The minimum Gasteiger partial charge on any atom is -0.445 e. The number of nitriles is 1. The van der Waals surface area contributed by atoms with E-state index in [-0.39, 0.29) is 24.0 Å². The zero-order valence-electron chi connectivity index (χ0n) is 11.6. The fourth-order valence-corrected chi connectivity index (χ4v) is 2.88. The van der Waals surface area contributed by atoms with Crippen molar-refractivity contribution in [3.8, 4) is 6.07 Å². The first-order valence-corrected chi connectivity index (χ1v) is 7.23. The van der Waals surface area contributed by atoms with Gasteiger partial charge in [-0.25, -0.2) is 9.78 Å². The third kappa shape index (κ3) is 3.99. The largest absolute Gasteiger partial charge is 0.445 e. The van der Waals surface area contributed by atoms with Crippen LogP contribution in [0.2, 0.25) is 0 Å². The molecule has 1 saturated heterocycles. The van der Waals surface area contributed by atoms with Crippen molar-refractivity contribution in [2.24, 2.45) is 0 Å². The smallest absolute Gasteiger partial charge is 0.410 e.